The average molecular weight is 449 g/mol. The van der Waals surface area contributed by atoms with Crippen LogP contribution in [0.3, 0.4) is 0 Å². The van der Waals surface area contributed by atoms with Crippen LogP contribution in [-0.2, 0) is 19.4 Å². The normalized spacial score (nSPS) is 12.3. The van der Waals surface area contributed by atoms with Gasteiger partial charge in [-0.15, -0.1) is 0 Å². The second-order valence-corrected chi connectivity index (χ2v) is 9.51. The lowest BCUT2D eigenvalue weighted by atomic mass is 10.0. The van der Waals surface area contributed by atoms with Gasteiger partial charge in [-0.05, 0) is 48.7 Å². The third-order valence-corrected chi connectivity index (χ3v) is 6.25. The smallest absolute Gasteiger partial charge is 0.258 e. The highest BCUT2D eigenvalue weighted by molar-refractivity contribution is 7.91. The first-order valence-electron chi connectivity index (χ1n) is 9.86. The summed E-state index contributed by atoms with van der Waals surface area (Å²) < 4.78 is 29.6. The molecule has 8 nitrogen and oxygen atoms in total. The van der Waals surface area contributed by atoms with E-state index in [9.17, 15) is 18.0 Å². The Morgan fingerprint density at radius 1 is 1.10 bits per heavy atom. The van der Waals surface area contributed by atoms with Crippen molar-refractivity contribution in [3.8, 4) is 5.75 Å². The Morgan fingerprint density at radius 3 is 2.35 bits per heavy atom. The molecule has 0 radical (unpaired) electrons. The minimum Gasteiger partial charge on any atom is -0.484 e. The number of hydrogen-bond donors (Lipinski definition) is 3. The summed E-state index contributed by atoms with van der Waals surface area (Å²) in [7, 11) is -3.59. The number of aryl methyl sites for hydroxylation is 1. The first-order valence-corrected chi connectivity index (χ1v) is 11.5. The van der Waals surface area contributed by atoms with Gasteiger partial charge >= 0.3 is 0 Å². The van der Waals surface area contributed by atoms with Gasteiger partial charge in [-0.3, -0.25) is 9.59 Å². The number of sulfone groups is 1. The molecule has 0 bridgehead atoms. The minimum absolute atomic E-state index is 0.0730. The van der Waals surface area contributed by atoms with Gasteiger partial charge in [-0.25, -0.2) is 8.42 Å². The molecule has 2 amide bonds. The van der Waals surface area contributed by atoms with Gasteiger partial charge in [-0.1, -0.05) is 32.0 Å². The molecule has 3 N–H and O–H groups in total. The van der Waals surface area contributed by atoms with Crippen molar-refractivity contribution in [2.45, 2.75) is 31.7 Å². The van der Waals surface area contributed by atoms with Crippen molar-refractivity contribution >= 4 is 27.3 Å². The Hall–Kier alpha value is -2.91. The van der Waals surface area contributed by atoms with Gasteiger partial charge in [0.05, 0.1) is 17.3 Å². The summed E-state index contributed by atoms with van der Waals surface area (Å²) in [5, 5.41) is 14.3. The number of nitrogens with one attached hydrogen (secondary N) is 2. The zero-order valence-corrected chi connectivity index (χ0v) is 18.6. The van der Waals surface area contributed by atoms with Crippen LogP contribution in [0.15, 0.2) is 53.4 Å². The highest BCUT2D eigenvalue weighted by atomic mass is 32.2. The number of carbonyl (C=O) groups excluding carboxylic acids is 2. The molecule has 2 aromatic carbocycles. The number of hydrogen-bond acceptors (Lipinski definition) is 6. The summed E-state index contributed by atoms with van der Waals surface area (Å²) in [6.45, 7) is 4.59. The van der Waals surface area contributed by atoms with E-state index in [2.05, 4.69) is 10.6 Å². The van der Waals surface area contributed by atoms with Crippen LogP contribution in [0, 0.1) is 12.8 Å². The van der Waals surface area contributed by atoms with Crippen LogP contribution in [0.25, 0.3) is 0 Å². The van der Waals surface area contributed by atoms with E-state index in [0.717, 1.165) is 0 Å². The molecule has 0 spiro atoms. The van der Waals surface area contributed by atoms with Crippen molar-refractivity contribution < 1.29 is 27.9 Å². The Bertz CT molecular complexity index is 1010. The third-order valence-electron chi connectivity index (χ3n) is 4.55. The molecule has 1 atom stereocenters. The monoisotopic (exact) mass is 448 g/mol. The van der Waals surface area contributed by atoms with Gasteiger partial charge in [0.1, 0.15) is 11.8 Å². The lowest BCUT2D eigenvalue weighted by Gasteiger charge is -2.22. The van der Waals surface area contributed by atoms with Crippen LogP contribution in [-0.4, -0.2) is 50.3 Å². The number of para-hydroxylation sites is 1. The van der Waals surface area contributed by atoms with Crippen molar-refractivity contribution in [2.24, 2.45) is 5.92 Å². The molecule has 0 aliphatic rings. The van der Waals surface area contributed by atoms with E-state index in [1.54, 1.807) is 45.0 Å². The summed E-state index contributed by atoms with van der Waals surface area (Å²) >= 11 is 0. The lowest BCUT2D eigenvalue weighted by molar-refractivity contribution is -0.128. The van der Waals surface area contributed by atoms with Crippen LogP contribution >= 0.6 is 0 Å². The quantitative estimate of drug-likeness (QED) is 0.511. The van der Waals surface area contributed by atoms with Crippen molar-refractivity contribution in [3.63, 3.8) is 0 Å². The summed E-state index contributed by atoms with van der Waals surface area (Å²) in [4.78, 5) is 25.1. The van der Waals surface area contributed by atoms with Gasteiger partial charge in [0.15, 0.2) is 16.4 Å². The van der Waals surface area contributed by atoms with Gasteiger partial charge in [-0.2, -0.15) is 0 Å². The van der Waals surface area contributed by atoms with Crippen LogP contribution in [0.1, 0.15) is 19.4 Å². The molecular formula is C22H28N2O6S. The maximum absolute atomic E-state index is 12.8. The summed E-state index contributed by atoms with van der Waals surface area (Å²) in [5.74, 6) is -0.859. The molecule has 0 aliphatic heterocycles. The number of ether oxygens (including phenoxy) is 1. The second-order valence-electron chi connectivity index (χ2n) is 7.40. The number of aliphatic hydroxyl groups is 1. The van der Waals surface area contributed by atoms with Crippen LogP contribution < -0.4 is 15.4 Å². The summed E-state index contributed by atoms with van der Waals surface area (Å²) in [5.41, 5.74) is 0.988. The van der Waals surface area contributed by atoms with Crippen LogP contribution in [0.4, 0.5) is 5.69 Å². The Labute approximate surface area is 182 Å². The lowest BCUT2D eigenvalue weighted by Crippen LogP contribution is -2.48. The standard InChI is InChI=1S/C22H28N2O6S/c1-15(2)21(24-20(26)14-30-17-7-5-4-6-8-17)22(27)23-19-10-9-18(13-16(19)3)31(28,29)12-11-25/h4-10,13,15,21,25H,11-12,14H2,1-3H3,(H,23,27)(H,24,26)/t21-/m0/s1. The summed E-state index contributed by atoms with van der Waals surface area (Å²) in [6.07, 6.45) is 0. The topological polar surface area (TPSA) is 122 Å². The number of amides is 2. The van der Waals surface area contributed by atoms with E-state index in [0.29, 0.717) is 17.0 Å². The van der Waals surface area contributed by atoms with Crippen LogP contribution in [0.2, 0.25) is 0 Å². The molecule has 0 aliphatic carbocycles. The molecule has 0 aromatic heterocycles. The van der Waals surface area contributed by atoms with Gasteiger partial charge in [0.25, 0.3) is 5.91 Å². The molecule has 0 saturated heterocycles. The predicted octanol–water partition coefficient (Wildman–Crippen LogP) is 1.92. The molecule has 0 fully saturated rings. The molecule has 31 heavy (non-hydrogen) atoms. The zero-order valence-electron chi connectivity index (χ0n) is 17.8. The minimum atomic E-state index is -3.59. The van der Waals surface area contributed by atoms with E-state index in [1.807, 2.05) is 6.07 Å². The molecule has 0 saturated carbocycles. The van der Waals surface area contributed by atoms with Crippen LogP contribution in [0.5, 0.6) is 5.75 Å². The van der Waals surface area contributed by atoms with E-state index in [4.69, 9.17) is 9.84 Å². The maximum atomic E-state index is 12.8. The zero-order chi connectivity index (χ0) is 23.0. The number of carbonyl (C=O) groups is 2. The van der Waals surface area contributed by atoms with E-state index in [-0.39, 0.29) is 23.2 Å². The molecule has 168 valence electrons. The fraction of sp³-hybridized carbons (Fsp3) is 0.364. The fourth-order valence-corrected chi connectivity index (χ4v) is 3.94. The number of anilines is 1. The second kappa shape index (κ2) is 10.9. The maximum Gasteiger partial charge on any atom is 0.258 e. The van der Waals surface area contributed by atoms with E-state index >= 15 is 0 Å². The Balaban J connectivity index is 2.04. The van der Waals surface area contributed by atoms with Gasteiger partial charge in [0, 0.05) is 5.69 Å². The molecular weight excluding hydrogens is 420 g/mol. The number of rotatable bonds is 10. The number of benzene rings is 2. The Morgan fingerprint density at radius 2 is 1.77 bits per heavy atom. The highest BCUT2D eigenvalue weighted by Gasteiger charge is 2.25. The molecule has 9 heteroatoms. The predicted molar refractivity (Wildman–Crippen MR) is 118 cm³/mol. The van der Waals surface area contributed by atoms with Crippen molar-refractivity contribution in [3.05, 3.63) is 54.1 Å². The van der Waals surface area contributed by atoms with Crippen molar-refractivity contribution in [1.82, 2.24) is 5.32 Å². The van der Waals surface area contributed by atoms with Gasteiger partial charge in [0.2, 0.25) is 5.91 Å². The molecule has 0 heterocycles. The third kappa shape index (κ3) is 7.08. The summed E-state index contributed by atoms with van der Waals surface area (Å²) in [6, 6.07) is 12.4. The van der Waals surface area contributed by atoms with Crippen molar-refractivity contribution in [2.75, 3.05) is 24.3 Å². The highest BCUT2D eigenvalue weighted by Crippen LogP contribution is 2.21. The van der Waals surface area contributed by atoms with Gasteiger partial charge < -0.3 is 20.5 Å². The van der Waals surface area contributed by atoms with E-state index in [1.165, 1.54) is 18.2 Å². The number of aliphatic hydroxyl groups excluding tert-OH is 1. The first-order chi connectivity index (χ1) is 14.6. The molecule has 0 unspecified atom stereocenters. The van der Waals surface area contributed by atoms with E-state index < -0.39 is 34.3 Å². The molecule has 2 rings (SSSR count). The fourth-order valence-electron chi connectivity index (χ4n) is 2.83. The Kier molecular flexibility index (Phi) is 8.58. The molecule has 2 aromatic rings. The SMILES string of the molecule is Cc1cc(S(=O)(=O)CCO)ccc1NC(=O)[C@@H](NC(=O)COc1ccccc1)C(C)C. The first kappa shape index (κ1) is 24.4. The largest absolute Gasteiger partial charge is 0.484 e. The average Bonchev–Trinajstić information content (AvgIpc) is 2.72. The van der Waals surface area contributed by atoms with Crippen molar-refractivity contribution in [1.29, 1.82) is 0 Å².